The average molecular weight is 313 g/mol. The fourth-order valence-corrected chi connectivity index (χ4v) is 3.13. The van der Waals surface area contributed by atoms with Crippen LogP contribution in [0.5, 0.6) is 0 Å². The van der Waals surface area contributed by atoms with Gasteiger partial charge in [-0.1, -0.05) is 5.16 Å². The molecule has 2 aromatic rings. The summed E-state index contributed by atoms with van der Waals surface area (Å²) in [5, 5.41) is 3.95. The normalized spacial score (nSPS) is 17.2. The van der Waals surface area contributed by atoms with E-state index in [4.69, 9.17) is 9.26 Å². The largest absolute Gasteiger partial charge is 0.380 e. The molecule has 1 aliphatic carbocycles. The van der Waals surface area contributed by atoms with Crippen molar-refractivity contribution in [3.63, 3.8) is 0 Å². The number of nitrogens with zero attached hydrogens (tertiary/aromatic N) is 3. The molecule has 120 valence electrons. The Hall–Kier alpha value is -2.21. The van der Waals surface area contributed by atoms with Crippen molar-refractivity contribution in [2.24, 2.45) is 0 Å². The number of carbonyl (C=O) groups is 1. The van der Waals surface area contributed by atoms with Crippen LogP contribution in [-0.2, 0) is 24.3 Å². The fraction of sp³-hybridized carbons (Fsp3) is 0.471. The Morgan fingerprint density at radius 2 is 2.30 bits per heavy atom. The lowest BCUT2D eigenvalue weighted by molar-refractivity contribution is 0.0723. The molecule has 6 heteroatoms. The lowest BCUT2D eigenvalue weighted by Gasteiger charge is -2.29. The van der Waals surface area contributed by atoms with Gasteiger partial charge in [0.25, 0.3) is 5.91 Å². The first-order valence-electron chi connectivity index (χ1n) is 7.95. The second-order valence-electron chi connectivity index (χ2n) is 6.23. The lowest BCUT2D eigenvalue weighted by atomic mass is 9.97. The highest BCUT2D eigenvalue weighted by atomic mass is 16.5. The number of ether oxygens (including phenoxy) is 1. The number of rotatable bonds is 4. The molecule has 4 rings (SSSR count). The number of aromatic nitrogens is 2. The molecule has 1 saturated carbocycles. The second-order valence-corrected chi connectivity index (χ2v) is 6.23. The van der Waals surface area contributed by atoms with Crippen molar-refractivity contribution in [1.29, 1.82) is 0 Å². The Kier molecular flexibility index (Phi) is 3.61. The van der Waals surface area contributed by atoms with E-state index in [1.165, 1.54) is 5.56 Å². The maximum Gasteiger partial charge on any atom is 0.276 e. The van der Waals surface area contributed by atoms with E-state index in [2.05, 4.69) is 10.1 Å². The topological polar surface area (TPSA) is 68.5 Å². The molecular weight excluding hydrogens is 294 g/mol. The van der Waals surface area contributed by atoms with E-state index in [0.29, 0.717) is 31.3 Å². The number of carbonyl (C=O) groups excluding carboxylic acids is 1. The summed E-state index contributed by atoms with van der Waals surface area (Å²) in [4.78, 5) is 18.7. The molecule has 1 fully saturated rings. The monoisotopic (exact) mass is 313 g/mol. The Morgan fingerprint density at radius 1 is 1.43 bits per heavy atom. The van der Waals surface area contributed by atoms with Gasteiger partial charge in [0.1, 0.15) is 5.76 Å². The molecule has 0 radical (unpaired) electrons. The summed E-state index contributed by atoms with van der Waals surface area (Å²) < 4.78 is 10.5. The number of hydrogen-bond donors (Lipinski definition) is 0. The van der Waals surface area contributed by atoms with Gasteiger partial charge in [-0.3, -0.25) is 9.78 Å². The molecule has 0 N–H and O–H groups in total. The van der Waals surface area contributed by atoms with Crippen LogP contribution in [-0.4, -0.2) is 34.6 Å². The van der Waals surface area contributed by atoms with Crippen LogP contribution in [0.2, 0.25) is 0 Å². The molecule has 0 aromatic carbocycles. The average Bonchev–Trinajstić information content (AvgIpc) is 3.31. The van der Waals surface area contributed by atoms with Crippen LogP contribution in [0.25, 0.3) is 0 Å². The molecule has 0 bridgehead atoms. The highest BCUT2D eigenvalue weighted by Crippen LogP contribution is 2.40. The SMILES string of the molecule is COCc1cncc2c1CCN(C(=O)c1cc(C3CC3)on1)C2. The minimum Gasteiger partial charge on any atom is -0.380 e. The maximum absolute atomic E-state index is 12.6. The summed E-state index contributed by atoms with van der Waals surface area (Å²) in [7, 11) is 1.68. The van der Waals surface area contributed by atoms with Gasteiger partial charge in [0.05, 0.1) is 6.61 Å². The van der Waals surface area contributed by atoms with Crippen molar-refractivity contribution in [2.75, 3.05) is 13.7 Å². The Balaban J connectivity index is 1.52. The molecule has 0 unspecified atom stereocenters. The van der Waals surface area contributed by atoms with E-state index in [1.807, 2.05) is 17.3 Å². The first kappa shape index (κ1) is 14.4. The third-order valence-corrected chi connectivity index (χ3v) is 4.54. The van der Waals surface area contributed by atoms with Crippen LogP contribution in [0.4, 0.5) is 0 Å². The van der Waals surface area contributed by atoms with Gasteiger partial charge in [0.15, 0.2) is 5.69 Å². The van der Waals surface area contributed by atoms with Crippen molar-refractivity contribution in [2.45, 2.75) is 38.3 Å². The van der Waals surface area contributed by atoms with Crippen LogP contribution in [0.15, 0.2) is 23.0 Å². The highest BCUT2D eigenvalue weighted by molar-refractivity contribution is 5.92. The van der Waals surface area contributed by atoms with Crippen molar-refractivity contribution in [1.82, 2.24) is 15.0 Å². The highest BCUT2D eigenvalue weighted by Gasteiger charge is 2.31. The van der Waals surface area contributed by atoms with Crippen LogP contribution >= 0.6 is 0 Å². The third kappa shape index (κ3) is 2.74. The van der Waals surface area contributed by atoms with Crippen LogP contribution in [0, 0.1) is 0 Å². The molecule has 0 saturated heterocycles. The second kappa shape index (κ2) is 5.77. The summed E-state index contributed by atoms with van der Waals surface area (Å²) >= 11 is 0. The quantitative estimate of drug-likeness (QED) is 0.866. The molecular formula is C17H19N3O3. The smallest absolute Gasteiger partial charge is 0.276 e. The molecule has 2 aliphatic rings. The predicted molar refractivity (Wildman–Crippen MR) is 81.9 cm³/mol. The standard InChI is InChI=1S/C17H19N3O3/c1-22-10-13-8-18-7-12-9-20(5-4-14(12)13)17(21)15-6-16(23-19-15)11-2-3-11/h6-8,11H,2-5,9-10H2,1H3. The summed E-state index contributed by atoms with van der Waals surface area (Å²) in [6.45, 7) is 1.79. The van der Waals surface area contributed by atoms with Crippen molar-refractivity contribution in [3.8, 4) is 0 Å². The zero-order valence-corrected chi connectivity index (χ0v) is 13.1. The Bertz CT molecular complexity index is 736. The Morgan fingerprint density at radius 3 is 3.09 bits per heavy atom. The summed E-state index contributed by atoms with van der Waals surface area (Å²) in [5.74, 6) is 1.24. The zero-order valence-electron chi connectivity index (χ0n) is 13.1. The molecule has 23 heavy (non-hydrogen) atoms. The van der Waals surface area contributed by atoms with E-state index < -0.39 is 0 Å². The summed E-state index contributed by atoms with van der Waals surface area (Å²) in [6, 6.07) is 1.80. The first-order valence-corrected chi connectivity index (χ1v) is 7.95. The first-order chi connectivity index (χ1) is 11.3. The number of methoxy groups -OCH3 is 1. The van der Waals surface area contributed by atoms with Gasteiger partial charge >= 0.3 is 0 Å². The van der Waals surface area contributed by atoms with Gasteiger partial charge in [-0.2, -0.15) is 0 Å². The maximum atomic E-state index is 12.6. The third-order valence-electron chi connectivity index (χ3n) is 4.54. The van der Waals surface area contributed by atoms with Crippen molar-refractivity contribution >= 4 is 5.91 Å². The van der Waals surface area contributed by atoms with Gasteiger partial charge in [0.2, 0.25) is 0 Å². The predicted octanol–water partition coefficient (Wildman–Crippen LogP) is 2.29. The molecule has 6 nitrogen and oxygen atoms in total. The Labute approximate surface area is 134 Å². The van der Waals surface area contributed by atoms with E-state index in [0.717, 1.165) is 36.1 Å². The molecule has 1 aliphatic heterocycles. The molecule has 0 spiro atoms. The van der Waals surface area contributed by atoms with Gasteiger partial charge < -0.3 is 14.2 Å². The van der Waals surface area contributed by atoms with Gasteiger partial charge in [0, 0.05) is 44.6 Å². The number of fused-ring (bicyclic) bond motifs is 1. The molecule has 0 atom stereocenters. The van der Waals surface area contributed by atoms with Crippen molar-refractivity contribution in [3.05, 3.63) is 46.6 Å². The zero-order chi connectivity index (χ0) is 15.8. The van der Waals surface area contributed by atoms with Crippen LogP contribution < -0.4 is 0 Å². The molecule has 1 amide bonds. The fourth-order valence-electron chi connectivity index (χ4n) is 3.13. The van der Waals surface area contributed by atoms with E-state index in [1.54, 1.807) is 13.2 Å². The minimum absolute atomic E-state index is 0.0663. The van der Waals surface area contributed by atoms with Crippen molar-refractivity contribution < 1.29 is 14.1 Å². The lowest BCUT2D eigenvalue weighted by Crippen LogP contribution is -2.36. The van der Waals surface area contributed by atoms with Gasteiger partial charge in [-0.25, -0.2) is 0 Å². The van der Waals surface area contributed by atoms with E-state index in [-0.39, 0.29) is 5.91 Å². The van der Waals surface area contributed by atoms with E-state index >= 15 is 0 Å². The molecule has 2 aromatic heterocycles. The number of hydrogen-bond acceptors (Lipinski definition) is 5. The summed E-state index contributed by atoms with van der Waals surface area (Å²) in [5.41, 5.74) is 3.86. The van der Waals surface area contributed by atoms with Crippen LogP contribution in [0.3, 0.4) is 0 Å². The van der Waals surface area contributed by atoms with Gasteiger partial charge in [-0.15, -0.1) is 0 Å². The number of amides is 1. The summed E-state index contributed by atoms with van der Waals surface area (Å²) in [6.07, 6.45) is 6.77. The molecule has 3 heterocycles. The minimum atomic E-state index is -0.0663. The van der Waals surface area contributed by atoms with Crippen LogP contribution in [0.1, 0.15) is 51.7 Å². The van der Waals surface area contributed by atoms with E-state index in [9.17, 15) is 4.79 Å². The number of pyridine rings is 1. The van der Waals surface area contributed by atoms with Gasteiger partial charge in [-0.05, 0) is 36.0 Å².